The van der Waals surface area contributed by atoms with Gasteiger partial charge in [-0.25, -0.2) is 9.97 Å². The summed E-state index contributed by atoms with van der Waals surface area (Å²) in [5, 5.41) is 6.77. The number of nitrogen functional groups attached to an aromatic ring is 1. The van der Waals surface area contributed by atoms with Crippen molar-refractivity contribution in [2.75, 3.05) is 62.3 Å². The second-order valence-corrected chi connectivity index (χ2v) is 9.74. The number of morpholine rings is 1. The molecule has 196 valence electrons. The van der Waals surface area contributed by atoms with E-state index in [1.54, 1.807) is 6.33 Å². The summed E-state index contributed by atoms with van der Waals surface area (Å²) in [6.07, 6.45) is 21.9. The fraction of sp³-hybridized carbons (Fsp3) is 0.852. The third-order valence-electron chi connectivity index (χ3n) is 6.75. The third kappa shape index (κ3) is 13.3. The first-order chi connectivity index (χ1) is 16.8. The molecule has 0 aliphatic carbocycles. The van der Waals surface area contributed by atoms with Crippen LogP contribution in [0.3, 0.4) is 0 Å². The predicted molar refractivity (Wildman–Crippen MR) is 146 cm³/mol. The lowest BCUT2D eigenvalue weighted by Gasteiger charge is -2.26. The van der Waals surface area contributed by atoms with Crippen LogP contribution in [0.15, 0.2) is 6.33 Å². The Balaban J connectivity index is 1.43. The summed E-state index contributed by atoms with van der Waals surface area (Å²) in [6, 6.07) is 0. The van der Waals surface area contributed by atoms with Crippen LogP contribution in [0, 0.1) is 0 Å². The fourth-order valence-electron chi connectivity index (χ4n) is 4.54. The lowest BCUT2D eigenvalue weighted by Crippen LogP contribution is -2.37. The fourth-order valence-corrected chi connectivity index (χ4v) is 4.54. The van der Waals surface area contributed by atoms with Gasteiger partial charge in [-0.1, -0.05) is 90.4 Å². The van der Waals surface area contributed by atoms with E-state index < -0.39 is 0 Å². The molecule has 7 heteroatoms. The van der Waals surface area contributed by atoms with Crippen molar-refractivity contribution in [3.05, 3.63) is 6.33 Å². The van der Waals surface area contributed by atoms with Crippen molar-refractivity contribution in [1.82, 2.24) is 14.9 Å². The third-order valence-corrected chi connectivity index (χ3v) is 6.75. The molecule has 1 aromatic rings. The zero-order valence-electron chi connectivity index (χ0n) is 22.0. The summed E-state index contributed by atoms with van der Waals surface area (Å²) in [6.45, 7) is 8.89. The maximum Gasteiger partial charge on any atom is 0.154 e. The quantitative estimate of drug-likeness (QED) is 0.185. The number of aromatic nitrogens is 2. The van der Waals surface area contributed by atoms with E-state index in [-0.39, 0.29) is 0 Å². The van der Waals surface area contributed by atoms with Crippen LogP contribution >= 0.6 is 0 Å². The second kappa shape index (κ2) is 19.7. The van der Waals surface area contributed by atoms with Gasteiger partial charge in [0.25, 0.3) is 0 Å². The van der Waals surface area contributed by atoms with Gasteiger partial charge in [0.2, 0.25) is 0 Å². The number of rotatable bonds is 21. The van der Waals surface area contributed by atoms with Crippen LogP contribution in [0.4, 0.5) is 17.3 Å². The van der Waals surface area contributed by atoms with E-state index in [1.165, 1.54) is 83.5 Å². The van der Waals surface area contributed by atoms with E-state index in [1.807, 2.05) is 0 Å². The van der Waals surface area contributed by atoms with E-state index in [9.17, 15) is 0 Å². The molecule has 1 fully saturated rings. The monoisotopic (exact) mass is 476 g/mol. The van der Waals surface area contributed by atoms with Gasteiger partial charge in [-0.3, -0.25) is 4.90 Å². The van der Waals surface area contributed by atoms with E-state index in [2.05, 4.69) is 32.4 Å². The first kappa shape index (κ1) is 28.6. The maximum atomic E-state index is 6.29. The Bertz CT molecular complexity index is 609. The lowest BCUT2D eigenvalue weighted by atomic mass is 10.0. The topological polar surface area (TPSA) is 88.3 Å². The van der Waals surface area contributed by atoms with Crippen LogP contribution in [0.1, 0.15) is 103 Å². The second-order valence-electron chi connectivity index (χ2n) is 9.74. The van der Waals surface area contributed by atoms with Crippen molar-refractivity contribution in [3.8, 4) is 0 Å². The number of ether oxygens (including phenoxy) is 1. The molecular formula is C27H52N6O. The molecule has 2 rings (SSSR count). The van der Waals surface area contributed by atoms with Gasteiger partial charge >= 0.3 is 0 Å². The molecule has 0 amide bonds. The molecule has 34 heavy (non-hydrogen) atoms. The zero-order valence-corrected chi connectivity index (χ0v) is 22.0. The summed E-state index contributed by atoms with van der Waals surface area (Å²) in [7, 11) is 0. The van der Waals surface area contributed by atoms with Gasteiger partial charge < -0.3 is 21.1 Å². The molecule has 0 spiro atoms. The molecule has 1 aliphatic heterocycles. The van der Waals surface area contributed by atoms with Gasteiger partial charge in [0.15, 0.2) is 11.6 Å². The highest BCUT2D eigenvalue weighted by molar-refractivity contribution is 5.73. The minimum atomic E-state index is 0.624. The Morgan fingerprint density at radius 3 is 1.74 bits per heavy atom. The molecule has 2 heterocycles. The Morgan fingerprint density at radius 2 is 1.21 bits per heavy atom. The van der Waals surface area contributed by atoms with Crippen LogP contribution in [0.2, 0.25) is 0 Å². The van der Waals surface area contributed by atoms with Gasteiger partial charge in [0, 0.05) is 26.2 Å². The molecule has 1 saturated heterocycles. The van der Waals surface area contributed by atoms with Crippen molar-refractivity contribution < 1.29 is 4.74 Å². The summed E-state index contributed by atoms with van der Waals surface area (Å²) >= 11 is 0. The summed E-state index contributed by atoms with van der Waals surface area (Å²) in [5.41, 5.74) is 6.92. The normalized spacial score (nSPS) is 14.4. The first-order valence-corrected chi connectivity index (χ1v) is 14.2. The molecule has 0 atom stereocenters. The van der Waals surface area contributed by atoms with Crippen LogP contribution in [0.25, 0.3) is 0 Å². The zero-order chi connectivity index (χ0) is 24.1. The Morgan fingerprint density at radius 1 is 0.735 bits per heavy atom. The largest absolute Gasteiger partial charge is 0.393 e. The average molecular weight is 477 g/mol. The van der Waals surface area contributed by atoms with Crippen molar-refractivity contribution in [2.45, 2.75) is 103 Å². The number of unbranched alkanes of at least 4 members (excludes halogenated alkanes) is 13. The predicted octanol–water partition coefficient (Wildman–Crippen LogP) is 6.09. The van der Waals surface area contributed by atoms with E-state index in [0.29, 0.717) is 5.69 Å². The molecule has 0 unspecified atom stereocenters. The Kier molecular flexibility index (Phi) is 16.6. The Hall–Kier alpha value is -1.60. The van der Waals surface area contributed by atoms with Crippen LogP contribution in [-0.4, -0.2) is 60.8 Å². The number of hydrogen-bond acceptors (Lipinski definition) is 7. The van der Waals surface area contributed by atoms with Gasteiger partial charge in [-0.15, -0.1) is 0 Å². The smallest absolute Gasteiger partial charge is 0.154 e. The summed E-state index contributed by atoms with van der Waals surface area (Å²) in [5.74, 6) is 1.49. The molecule has 1 aliphatic rings. The van der Waals surface area contributed by atoms with Crippen molar-refractivity contribution >= 4 is 17.3 Å². The first-order valence-electron chi connectivity index (χ1n) is 14.2. The van der Waals surface area contributed by atoms with E-state index >= 15 is 0 Å². The SMILES string of the molecule is CCCCCCCCCCCCCCCCNc1ncnc(NCCCN2CCOCC2)c1N. The molecule has 0 radical (unpaired) electrons. The van der Waals surface area contributed by atoms with Crippen LogP contribution < -0.4 is 16.4 Å². The number of nitrogens with one attached hydrogen (secondary N) is 2. The molecule has 4 N–H and O–H groups in total. The van der Waals surface area contributed by atoms with Gasteiger partial charge in [-0.05, 0) is 19.4 Å². The molecule has 1 aromatic heterocycles. The number of hydrogen-bond donors (Lipinski definition) is 3. The number of anilines is 3. The van der Waals surface area contributed by atoms with E-state index in [0.717, 1.165) is 70.4 Å². The average Bonchev–Trinajstić information content (AvgIpc) is 2.86. The maximum absolute atomic E-state index is 6.29. The Labute approximate surface area is 209 Å². The molecule has 0 saturated carbocycles. The van der Waals surface area contributed by atoms with Crippen LogP contribution in [-0.2, 0) is 4.74 Å². The molecular weight excluding hydrogens is 424 g/mol. The highest BCUT2D eigenvalue weighted by Crippen LogP contribution is 2.22. The summed E-state index contributed by atoms with van der Waals surface area (Å²) in [4.78, 5) is 11.1. The standard InChI is InChI=1S/C27H52N6O/c1-2-3-4-5-6-7-8-9-10-11-12-13-14-15-17-29-26-25(28)27(32-24-31-26)30-18-16-19-33-20-22-34-23-21-33/h24H,2-23,28H2,1H3,(H2,29,30,31,32). The minimum absolute atomic E-state index is 0.624. The van der Waals surface area contributed by atoms with Gasteiger partial charge in [0.1, 0.15) is 12.0 Å². The van der Waals surface area contributed by atoms with Crippen molar-refractivity contribution in [1.29, 1.82) is 0 Å². The lowest BCUT2D eigenvalue weighted by molar-refractivity contribution is 0.0378. The summed E-state index contributed by atoms with van der Waals surface area (Å²) < 4.78 is 5.40. The van der Waals surface area contributed by atoms with Crippen LogP contribution in [0.5, 0.6) is 0 Å². The van der Waals surface area contributed by atoms with E-state index in [4.69, 9.17) is 10.5 Å². The van der Waals surface area contributed by atoms with Crippen molar-refractivity contribution in [2.24, 2.45) is 0 Å². The highest BCUT2D eigenvalue weighted by Gasteiger charge is 2.10. The molecule has 0 bridgehead atoms. The molecule has 7 nitrogen and oxygen atoms in total. The number of nitrogens with two attached hydrogens (primary N) is 1. The number of nitrogens with zero attached hydrogens (tertiary/aromatic N) is 3. The van der Waals surface area contributed by atoms with Gasteiger partial charge in [-0.2, -0.15) is 0 Å². The van der Waals surface area contributed by atoms with Crippen molar-refractivity contribution in [3.63, 3.8) is 0 Å². The van der Waals surface area contributed by atoms with Gasteiger partial charge in [0.05, 0.1) is 13.2 Å². The minimum Gasteiger partial charge on any atom is -0.393 e. The highest BCUT2D eigenvalue weighted by atomic mass is 16.5. The molecule has 0 aromatic carbocycles.